The van der Waals surface area contributed by atoms with Crippen LogP contribution in [-0.4, -0.2) is 15.5 Å². The summed E-state index contributed by atoms with van der Waals surface area (Å²) in [6, 6.07) is 14.2. The van der Waals surface area contributed by atoms with Crippen molar-refractivity contribution in [2.75, 3.05) is 5.32 Å². The van der Waals surface area contributed by atoms with Crippen molar-refractivity contribution in [1.29, 1.82) is 0 Å². The molecule has 3 heterocycles. The van der Waals surface area contributed by atoms with E-state index in [2.05, 4.69) is 38.4 Å². The van der Waals surface area contributed by atoms with Crippen LogP contribution >= 0.6 is 22.7 Å². The number of hydrogen-bond acceptors (Lipinski definition) is 4. The lowest BCUT2D eigenvalue weighted by molar-refractivity contribution is 0.101. The molecule has 1 N–H and O–H groups in total. The Bertz CT molecular complexity index is 939. The van der Waals surface area contributed by atoms with Gasteiger partial charge in [-0.25, -0.2) is 4.98 Å². The summed E-state index contributed by atoms with van der Waals surface area (Å²) in [5.41, 5.74) is 2.91. The second kappa shape index (κ2) is 5.98. The molecule has 0 saturated carbocycles. The van der Waals surface area contributed by atoms with Crippen molar-refractivity contribution in [3.63, 3.8) is 0 Å². The summed E-state index contributed by atoms with van der Waals surface area (Å²) in [4.78, 5) is 16.7. The lowest BCUT2D eigenvalue weighted by atomic mass is 10.2. The number of carbonyl (C=O) groups is 1. The molecule has 3 aromatic heterocycles. The number of aromatic nitrogens is 2. The number of thiophene rings is 1. The van der Waals surface area contributed by atoms with Crippen LogP contribution in [0.2, 0.25) is 0 Å². The Hall–Kier alpha value is -2.44. The summed E-state index contributed by atoms with van der Waals surface area (Å²) in [5, 5.41) is 7.38. The van der Waals surface area contributed by atoms with Gasteiger partial charge in [0.15, 0.2) is 5.13 Å². The number of amides is 1. The molecule has 4 aromatic rings. The molecular formula is C17H13N3OS2. The Morgan fingerprint density at radius 3 is 2.78 bits per heavy atom. The molecule has 1 aromatic carbocycles. The van der Waals surface area contributed by atoms with Crippen molar-refractivity contribution >= 4 is 43.9 Å². The third-order valence-electron chi connectivity index (χ3n) is 3.59. The Labute approximate surface area is 141 Å². The molecule has 0 fully saturated rings. The highest BCUT2D eigenvalue weighted by Gasteiger charge is 2.17. The standard InChI is InChI=1S/C17H13N3OS2/c21-16(19-17-18-7-9-23-17)14-10-15-13(6-8-22-15)20(14)11-12-4-2-1-3-5-12/h1-10H,11H2,(H,18,19,21). The van der Waals surface area contributed by atoms with Crippen molar-refractivity contribution in [3.05, 3.63) is 70.7 Å². The summed E-state index contributed by atoms with van der Waals surface area (Å²) < 4.78 is 3.18. The fraction of sp³-hybridized carbons (Fsp3) is 0.0588. The highest BCUT2D eigenvalue weighted by atomic mass is 32.1. The van der Waals surface area contributed by atoms with Gasteiger partial charge in [0.05, 0.1) is 10.2 Å². The first-order chi connectivity index (χ1) is 11.3. The Balaban J connectivity index is 1.72. The van der Waals surface area contributed by atoms with E-state index in [4.69, 9.17) is 0 Å². The summed E-state index contributed by atoms with van der Waals surface area (Å²) in [6.07, 6.45) is 1.68. The average molecular weight is 339 g/mol. The number of benzene rings is 1. The van der Waals surface area contributed by atoms with Crippen LogP contribution < -0.4 is 5.32 Å². The van der Waals surface area contributed by atoms with Crippen LogP contribution in [0.4, 0.5) is 5.13 Å². The topological polar surface area (TPSA) is 46.9 Å². The van der Waals surface area contributed by atoms with Gasteiger partial charge < -0.3 is 4.57 Å². The average Bonchev–Trinajstić information content (AvgIpc) is 3.27. The van der Waals surface area contributed by atoms with Crippen molar-refractivity contribution in [1.82, 2.24) is 9.55 Å². The summed E-state index contributed by atoms with van der Waals surface area (Å²) in [7, 11) is 0. The van der Waals surface area contributed by atoms with Gasteiger partial charge in [0, 0.05) is 18.1 Å². The van der Waals surface area contributed by atoms with E-state index in [1.165, 1.54) is 16.9 Å². The fourth-order valence-corrected chi connectivity index (χ4v) is 3.89. The molecule has 1 amide bonds. The molecule has 0 saturated heterocycles. The molecule has 114 valence electrons. The lowest BCUT2D eigenvalue weighted by Gasteiger charge is -2.10. The number of thiazole rings is 1. The Morgan fingerprint density at radius 1 is 1.13 bits per heavy atom. The van der Waals surface area contributed by atoms with E-state index in [-0.39, 0.29) is 5.91 Å². The molecule has 0 aliphatic heterocycles. The maximum Gasteiger partial charge on any atom is 0.274 e. The zero-order valence-electron chi connectivity index (χ0n) is 12.1. The molecule has 0 atom stereocenters. The molecule has 0 aliphatic rings. The minimum atomic E-state index is -0.126. The highest BCUT2D eigenvalue weighted by Crippen LogP contribution is 2.27. The van der Waals surface area contributed by atoms with E-state index in [0.717, 1.165) is 10.2 Å². The predicted molar refractivity (Wildman–Crippen MR) is 95.4 cm³/mol. The molecule has 0 unspecified atom stereocenters. The maximum atomic E-state index is 12.6. The van der Waals surface area contributed by atoms with Gasteiger partial charge in [-0.15, -0.1) is 22.7 Å². The first-order valence-electron chi connectivity index (χ1n) is 7.13. The monoisotopic (exact) mass is 339 g/mol. The van der Waals surface area contributed by atoms with Gasteiger partial charge in [-0.05, 0) is 23.1 Å². The molecule has 0 radical (unpaired) electrons. The number of carbonyl (C=O) groups excluding carboxylic acids is 1. The van der Waals surface area contributed by atoms with Crippen LogP contribution in [0.3, 0.4) is 0 Å². The van der Waals surface area contributed by atoms with Gasteiger partial charge in [0.1, 0.15) is 5.69 Å². The molecule has 4 nitrogen and oxygen atoms in total. The summed E-state index contributed by atoms with van der Waals surface area (Å²) in [6.45, 7) is 0.668. The molecule has 4 rings (SSSR count). The maximum absolute atomic E-state index is 12.6. The summed E-state index contributed by atoms with van der Waals surface area (Å²) in [5.74, 6) is -0.126. The van der Waals surface area contributed by atoms with Gasteiger partial charge >= 0.3 is 0 Å². The Morgan fingerprint density at radius 2 is 2.00 bits per heavy atom. The van der Waals surface area contributed by atoms with Crippen LogP contribution in [0.5, 0.6) is 0 Å². The van der Waals surface area contributed by atoms with Crippen molar-refractivity contribution < 1.29 is 4.79 Å². The molecule has 23 heavy (non-hydrogen) atoms. The van der Waals surface area contributed by atoms with Gasteiger partial charge in [0.25, 0.3) is 5.91 Å². The first-order valence-corrected chi connectivity index (χ1v) is 8.89. The second-order valence-corrected chi connectivity index (χ2v) is 6.91. The number of fused-ring (bicyclic) bond motifs is 1. The number of anilines is 1. The third kappa shape index (κ3) is 2.78. The second-order valence-electron chi connectivity index (χ2n) is 5.06. The number of nitrogens with one attached hydrogen (secondary N) is 1. The minimum absolute atomic E-state index is 0.126. The zero-order valence-corrected chi connectivity index (χ0v) is 13.7. The van der Waals surface area contributed by atoms with E-state index < -0.39 is 0 Å². The zero-order chi connectivity index (χ0) is 15.6. The van der Waals surface area contributed by atoms with Crippen molar-refractivity contribution in [2.24, 2.45) is 0 Å². The van der Waals surface area contributed by atoms with E-state index in [0.29, 0.717) is 17.4 Å². The van der Waals surface area contributed by atoms with Crippen LogP contribution in [0.25, 0.3) is 10.2 Å². The lowest BCUT2D eigenvalue weighted by Crippen LogP contribution is -2.17. The van der Waals surface area contributed by atoms with Gasteiger partial charge in [-0.2, -0.15) is 0 Å². The van der Waals surface area contributed by atoms with E-state index >= 15 is 0 Å². The molecule has 0 spiro atoms. The quantitative estimate of drug-likeness (QED) is 0.597. The first kappa shape index (κ1) is 14.2. The van der Waals surface area contributed by atoms with Crippen molar-refractivity contribution in [2.45, 2.75) is 6.54 Å². The normalized spacial score (nSPS) is 11.0. The highest BCUT2D eigenvalue weighted by molar-refractivity contribution is 7.17. The molecule has 0 aliphatic carbocycles. The molecule has 0 bridgehead atoms. The fourth-order valence-electron chi connectivity index (χ4n) is 2.55. The number of nitrogens with zero attached hydrogens (tertiary/aromatic N) is 2. The minimum Gasteiger partial charge on any atom is -0.331 e. The van der Waals surface area contributed by atoms with Crippen LogP contribution in [0.1, 0.15) is 16.1 Å². The SMILES string of the molecule is O=C(Nc1nccs1)c1cc2sccc2n1Cc1ccccc1. The number of hydrogen-bond donors (Lipinski definition) is 1. The smallest absolute Gasteiger partial charge is 0.274 e. The van der Waals surface area contributed by atoms with Gasteiger partial charge in [-0.3, -0.25) is 10.1 Å². The molecular weight excluding hydrogens is 326 g/mol. The Kier molecular flexibility index (Phi) is 3.69. The van der Waals surface area contributed by atoms with Gasteiger partial charge in [-0.1, -0.05) is 30.3 Å². The molecule has 6 heteroatoms. The van der Waals surface area contributed by atoms with Crippen LogP contribution in [0, 0.1) is 0 Å². The number of rotatable bonds is 4. The van der Waals surface area contributed by atoms with Crippen LogP contribution in [-0.2, 0) is 6.54 Å². The largest absolute Gasteiger partial charge is 0.331 e. The predicted octanol–water partition coefficient (Wildman–Crippen LogP) is 4.46. The van der Waals surface area contributed by atoms with E-state index in [1.54, 1.807) is 17.5 Å². The van der Waals surface area contributed by atoms with Gasteiger partial charge in [0.2, 0.25) is 0 Å². The van der Waals surface area contributed by atoms with Crippen molar-refractivity contribution in [3.8, 4) is 0 Å². The third-order valence-corrected chi connectivity index (χ3v) is 5.13. The van der Waals surface area contributed by atoms with E-state index in [1.807, 2.05) is 29.6 Å². The van der Waals surface area contributed by atoms with E-state index in [9.17, 15) is 4.79 Å². The summed E-state index contributed by atoms with van der Waals surface area (Å²) >= 11 is 3.06. The van der Waals surface area contributed by atoms with Crippen LogP contribution in [0.15, 0.2) is 59.4 Å².